The van der Waals surface area contributed by atoms with Crippen LogP contribution < -0.4 is 0 Å². The zero-order valence-electron chi connectivity index (χ0n) is 41.8. The maximum Gasteiger partial charge on any atom is 0.306 e. The molecule has 1 saturated heterocycles. The van der Waals surface area contributed by atoms with Crippen molar-refractivity contribution >= 4 is 22.1 Å². The Morgan fingerprint density at radius 2 is 0.909 bits per heavy atom. The third-order valence-corrected chi connectivity index (χ3v) is 13.3. The highest BCUT2D eigenvalue weighted by atomic mass is 32.2. The van der Waals surface area contributed by atoms with Crippen molar-refractivity contribution in [3.05, 3.63) is 24.3 Å². The van der Waals surface area contributed by atoms with E-state index in [0.717, 1.165) is 44.9 Å². The molecule has 388 valence electrons. The fraction of sp³-hybridized carbons (Fsp3) is 0.887. The van der Waals surface area contributed by atoms with Gasteiger partial charge in [0.25, 0.3) is 10.1 Å². The highest BCUT2D eigenvalue weighted by molar-refractivity contribution is 7.85. The Bertz CT molecular complexity index is 1310. The summed E-state index contributed by atoms with van der Waals surface area (Å²) >= 11 is 0. The minimum atomic E-state index is -4.61. The third kappa shape index (κ3) is 37.1. The zero-order chi connectivity index (χ0) is 48.4. The molecule has 1 rings (SSSR count). The molecule has 66 heavy (non-hydrogen) atoms. The maximum atomic E-state index is 12.8. The van der Waals surface area contributed by atoms with Gasteiger partial charge in [-0.15, -0.1) is 0 Å². The molecule has 1 heterocycles. The van der Waals surface area contributed by atoms with Gasteiger partial charge in [-0.05, 0) is 44.9 Å². The molecule has 0 saturated carbocycles. The van der Waals surface area contributed by atoms with Gasteiger partial charge in [0.2, 0.25) is 0 Å². The summed E-state index contributed by atoms with van der Waals surface area (Å²) in [4.78, 5) is 25.5. The predicted octanol–water partition coefficient (Wildman–Crippen LogP) is 12.3. The van der Waals surface area contributed by atoms with Crippen molar-refractivity contribution in [2.45, 2.75) is 282 Å². The number of aliphatic hydroxyl groups is 3. The van der Waals surface area contributed by atoms with Crippen LogP contribution in [0.25, 0.3) is 0 Å². The largest absolute Gasteiger partial charge is 0.462 e. The number of ether oxygens (including phenoxy) is 4. The molecule has 0 radical (unpaired) electrons. The van der Waals surface area contributed by atoms with Gasteiger partial charge in [-0.3, -0.25) is 14.1 Å². The highest BCUT2D eigenvalue weighted by Crippen LogP contribution is 2.24. The molecule has 0 spiro atoms. The first kappa shape index (κ1) is 62.1. The first-order chi connectivity index (χ1) is 32.0. The quantitative estimate of drug-likeness (QED) is 0.0196. The van der Waals surface area contributed by atoms with Crippen LogP contribution >= 0.6 is 0 Å². The molecule has 0 aromatic rings. The van der Waals surface area contributed by atoms with Crippen LogP contribution in [0.15, 0.2) is 24.3 Å². The minimum Gasteiger partial charge on any atom is -0.462 e. The summed E-state index contributed by atoms with van der Waals surface area (Å²) in [6.07, 6.45) is 40.9. The molecule has 13 heteroatoms. The second-order valence-electron chi connectivity index (χ2n) is 18.9. The van der Waals surface area contributed by atoms with Crippen LogP contribution in [-0.4, -0.2) is 96.0 Å². The van der Waals surface area contributed by atoms with Crippen LogP contribution in [0.1, 0.15) is 245 Å². The van der Waals surface area contributed by atoms with Crippen molar-refractivity contribution < 1.29 is 56.8 Å². The van der Waals surface area contributed by atoms with Crippen LogP contribution in [0, 0.1) is 0 Å². The molecule has 0 aromatic carbocycles. The van der Waals surface area contributed by atoms with Crippen molar-refractivity contribution in [1.82, 2.24) is 0 Å². The Morgan fingerprint density at radius 3 is 1.36 bits per heavy atom. The number of aliphatic hydroxyl groups excluding tert-OH is 3. The minimum absolute atomic E-state index is 0.125. The molecule has 0 aromatic heterocycles. The Morgan fingerprint density at radius 1 is 0.515 bits per heavy atom. The summed E-state index contributed by atoms with van der Waals surface area (Å²) < 4.78 is 54.2. The van der Waals surface area contributed by atoms with Crippen LogP contribution in [0.5, 0.6) is 0 Å². The van der Waals surface area contributed by atoms with Crippen LogP contribution in [0.4, 0.5) is 0 Å². The number of carbonyl (C=O) groups is 2. The Hall–Kier alpha value is -1.87. The average molecular weight is 959 g/mol. The van der Waals surface area contributed by atoms with Crippen molar-refractivity contribution in [1.29, 1.82) is 0 Å². The van der Waals surface area contributed by atoms with E-state index in [9.17, 15) is 37.9 Å². The number of carbonyl (C=O) groups excluding carboxylic acids is 2. The summed E-state index contributed by atoms with van der Waals surface area (Å²) in [5.41, 5.74) is 0. The molecule has 1 aliphatic rings. The second-order valence-corrected chi connectivity index (χ2v) is 20.4. The monoisotopic (exact) mass is 959 g/mol. The summed E-state index contributed by atoms with van der Waals surface area (Å²) in [6.45, 7) is 3.77. The number of rotatable bonds is 46. The molecular formula is C53H98O12S. The molecule has 2 unspecified atom stereocenters. The molecule has 12 nitrogen and oxygen atoms in total. The van der Waals surface area contributed by atoms with Gasteiger partial charge < -0.3 is 34.3 Å². The molecule has 1 fully saturated rings. The van der Waals surface area contributed by atoms with Gasteiger partial charge >= 0.3 is 11.9 Å². The van der Waals surface area contributed by atoms with Crippen LogP contribution in [0.3, 0.4) is 0 Å². The number of esters is 2. The number of hydrogen-bond donors (Lipinski definition) is 4. The first-order valence-corrected chi connectivity index (χ1v) is 28.5. The predicted molar refractivity (Wildman–Crippen MR) is 266 cm³/mol. The Kier molecular flexibility index (Phi) is 40.7. The van der Waals surface area contributed by atoms with Gasteiger partial charge in [0, 0.05) is 12.8 Å². The van der Waals surface area contributed by atoms with Gasteiger partial charge in [0.05, 0.1) is 6.61 Å². The smallest absolute Gasteiger partial charge is 0.306 e. The van der Waals surface area contributed by atoms with E-state index >= 15 is 0 Å². The lowest BCUT2D eigenvalue weighted by Crippen LogP contribution is -2.60. The maximum absolute atomic E-state index is 12.8. The van der Waals surface area contributed by atoms with E-state index in [1.165, 1.54) is 161 Å². The molecule has 0 aliphatic carbocycles. The van der Waals surface area contributed by atoms with Crippen molar-refractivity contribution in [3.63, 3.8) is 0 Å². The fourth-order valence-corrected chi connectivity index (χ4v) is 9.05. The van der Waals surface area contributed by atoms with Crippen molar-refractivity contribution in [2.24, 2.45) is 0 Å². The van der Waals surface area contributed by atoms with Gasteiger partial charge in [-0.1, -0.05) is 212 Å². The second kappa shape index (κ2) is 43.2. The van der Waals surface area contributed by atoms with E-state index in [4.69, 9.17) is 18.9 Å². The van der Waals surface area contributed by atoms with Gasteiger partial charge in [-0.2, -0.15) is 8.42 Å². The van der Waals surface area contributed by atoms with Gasteiger partial charge in [0.1, 0.15) is 36.8 Å². The molecular weight excluding hydrogens is 861 g/mol. The van der Waals surface area contributed by atoms with Gasteiger partial charge in [0.15, 0.2) is 12.4 Å². The number of allylic oxidation sites excluding steroid dienone is 4. The van der Waals surface area contributed by atoms with E-state index < -0.39 is 71.2 Å². The summed E-state index contributed by atoms with van der Waals surface area (Å²) in [5, 5.41) is 31.0. The summed E-state index contributed by atoms with van der Waals surface area (Å²) in [5.74, 6) is -2.01. The normalized spacial score (nSPS) is 19.5. The van der Waals surface area contributed by atoms with Crippen molar-refractivity contribution in [2.75, 3.05) is 19.0 Å². The molecule has 6 atom stereocenters. The topological polar surface area (TPSA) is 186 Å². The van der Waals surface area contributed by atoms with Crippen LogP contribution in [-0.2, 0) is 38.7 Å². The third-order valence-electron chi connectivity index (χ3n) is 12.5. The van der Waals surface area contributed by atoms with Gasteiger partial charge in [-0.25, -0.2) is 0 Å². The number of unbranched alkanes of at least 4 members (excludes halogenated alkanes) is 30. The fourth-order valence-electron chi connectivity index (χ4n) is 8.36. The SMILES string of the molecule is CCCCCCCC/C=C/C/C=C/CCCCC(=O)O[C@H](COC(=O)CCCCCCCCCCCCCCCCCCCCCCCCC)CO[C@H]1O[C@H](CS(=O)(=O)O)[C@@H](O)C(O)C1O. The summed E-state index contributed by atoms with van der Waals surface area (Å²) in [6, 6.07) is 0. The standard InChI is InChI=1S/C53H98O12S/c1-3-5-7-9-11-13-15-17-19-20-21-22-23-24-25-26-28-29-31-33-35-37-39-41-48(54)62-43-46(44-63-53-52(58)51(57)50(56)47(65-53)45-66(59,60)61)64-49(55)42-40-38-36-34-32-30-27-18-16-14-12-10-8-6-4-2/h18,27,32,34,46-47,50-53,56-58H,3-17,19-26,28-31,33,35-45H2,1-2H3,(H,59,60,61)/b27-18+,34-32+/t46-,47-,50-,51?,52?,53+/m1/s1. The van der Waals surface area contributed by atoms with E-state index in [1.807, 2.05) is 0 Å². The lowest BCUT2D eigenvalue weighted by atomic mass is 10.00. The Labute approximate surface area is 402 Å². The first-order valence-electron chi connectivity index (χ1n) is 26.9. The zero-order valence-corrected chi connectivity index (χ0v) is 42.6. The van der Waals surface area contributed by atoms with Crippen LogP contribution in [0.2, 0.25) is 0 Å². The van der Waals surface area contributed by atoms with E-state index in [-0.39, 0.29) is 19.4 Å². The number of hydrogen-bond acceptors (Lipinski definition) is 11. The lowest BCUT2D eigenvalue weighted by molar-refractivity contribution is -0.297. The highest BCUT2D eigenvalue weighted by Gasteiger charge is 2.46. The van der Waals surface area contributed by atoms with E-state index in [2.05, 4.69) is 38.2 Å². The molecule has 1 aliphatic heterocycles. The Balaban J connectivity index is 2.32. The van der Waals surface area contributed by atoms with Crippen molar-refractivity contribution in [3.8, 4) is 0 Å². The summed E-state index contributed by atoms with van der Waals surface area (Å²) in [7, 11) is -4.61. The molecule has 0 amide bonds. The molecule has 0 bridgehead atoms. The molecule has 4 N–H and O–H groups in total. The average Bonchev–Trinajstić information content (AvgIpc) is 3.28. The van der Waals surface area contributed by atoms with E-state index in [1.54, 1.807) is 0 Å². The lowest BCUT2D eigenvalue weighted by Gasteiger charge is -2.40. The van der Waals surface area contributed by atoms with E-state index in [0.29, 0.717) is 12.8 Å².